The van der Waals surface area contributed by atoms with Gasteiger partial charge in [-0.25, -0.2) is 5.43 Å². The fourth-order valence-corrected chi connectivity index (χ4v) is 2.99. The van der Waals surface area contributed by atoms with E-state index in [0.717, 1.165) is 0 Å². The van der Waals surface area contributed by atoms with Crippen molar-refractivity contribution in [2.45, 2.75) is 6.04 Å². The number of hydrazine groups is 1. The van der Waals surface area contributed by atoms with Crippen LogP contribution in [0.4, 0.5) is 0 Å². The van der Waals surface area contributed by atoms with E-state index in [4.69, 9.17) is 5.84 Å². The summed E-state index contributed by atoms with van der Waals surface area (Å²) in [5, 5.41) is 6.69. The number of rotatable bonds is 3. The molecule has 0 bridgehead atoms. The van der Waals surface area contributed by atoms with Crippen molar-refractivity contribution in [1.29, 1.82) is 0 Å². The molecule has 0 radical (unpaired) electrons. The van der Waals surface area contributed by atoms with Gasteiger partial charge in [0.2, 0.25) is 0 Å². The van der Waals surface area contributed by atoms with Crippen molar-refractivity contribution < 1.29 is 0 Å². The fraction of sp³-hybridized carbons (Fsp3) is 0.0667. The molecule has 0 saturated carbocycles. The smallest absolute Gasteiger partial charge is 0.0724 e. The third kappa shape index (κ3) is 1.93. The Hall–Kier alpha value is -1.68. The Morgan fingerprint density at radius 1 is 1.00 bits per heavy atom. The average Bonchev–Trinajstić information content (AvgIpc) is 2.94. The summed E-state index contributed by atoms with van der Waals surface area (Å²) in [6, 6.07) is 16.9. The summed E-state index contributed by atoms with van der Waals surface area (Å²) in [7, 11) is 0. The minimum absolute atomic E-state index is 0.0438. The zero-order valence-electron chi connectivity index (χ0n) is 9.84. The van der Waals surface area contributed by atoms with Gasteiger partial charge in [0.05, 0.1) is 6.04 Å². The number of hydrogen-bond acceptors (Lipinski definition) is 3. The Morgan fingerprint density at radius 3 is 2.61 bits per heavy atom. The van der Waals surface area contributed by atoms with Crippen molar-refractivity contribution >= 4 is 22.1 Å². The first-order valence-electron chi connectivity index (χ1n) is 5.86. The highest BCUT2D eigenvalue weighted by Crippen LogP contribution is 2.29. The Bertz CT molecular complexity index is 641. The molecule has 2 nitrogen and oxygen atoms in total. The second kappa shape index (κ2) is 4.90. The third-order valence-corrected chi connectivity index (χ3v) is 3.88. The maximum absolute atomic E-state index is 5.74. The zero-order valence-corrected chi connectivity index (χ0v) is 10.7. The largest absolute Gasteiger partial charge is 0.271 e. The van der Waals surface area contributed by atoms with Gasteiger partial charge in [0.25, 0.3) is 0 Å². The molecule has 0 aliphatic carbocycles. The molecule has 2 aromatic carbocycles. The topological polar surface area (TPSA) is 38.0 Å². The van der Waals surface area contributed by atoms with Crippen LogP contribution in [0.2, 0.25) is 0 Å². The van der Waals surface area contributed by atoms with Gasteiger partial charge in [0.15, 0.2) is 0 Å². The maximum Gasteiger partial charge on any atom is 0.0724 e. The molecule has 3 heteroatoms. The predicted octanol–water partition coefficient (Wildman–Crippen LogP) is 3.45. The lowest BCUT2D eigenvalue weighted by Gasteiger charge is -2.17. The molecule has 3 N–H and O–H groups in total. The van der Waals surface area contributed by atoms with E-state index in [-0.39, 0.29) is 6.04 Å². The Kier molecular flexibility index (Phi) is 3.11. The normalized spacial score (nSPS) is 12.7. The van der Waals surface area contributed by atoms with Gasteiger partial charge in [-0.05, 0) is 38.7 Å². The van der Waals surface area contributed by atoms with E-state index in [1.165, 1.54) is 21.9 Å². The molecule has 0 aliphatic rings. The molecule has 1 unspecified atom stereocenters. The predicted molar refractivity (Wildman–Crippen MR) is 77.4 cm³/mol. The van der Waals surface area contributed by atoms with Crippen LogP contribution >= 0.6 is 11.3 Å². The summed E-state index contributed by atoms with van der Waals surface area (Å²) in [6.07, 6.45) is 0. The molecule has 1 atom stereocenters. The number of nitrogens with two attached hydrogens (primary N) is 1. The Labute approximate surface area is 110 Å². The molecule has 18 heavy (non-hydrogen) atoms. The van der Waals surface area contributed by atoms with E-state index in [0.29, 0.717) is 0 Å². The number of thiophene rings is 1. The lowest BCUT2D eigenvalue weighted by Crippen LogP contribution is -2.28. The monoisotopic (exact) mass is 254 g/mol. The third-order valence-electron chi connectivity index (χ3n) is 3.18. The molecule has 0 saturated heterocycles. The lowest BCUT2D eigenvalue weighted by molar-refractivity contribution is 0.643. The summed E-state index contributed by atoms with van der Waals surface area (Å²) in [5.74, 6) is 5.74. The molecular formula is C15H14N2S. The van der Waals surface area contributed by atoms with Gasteiger partial charge in [-0.3, -0.25) is 5.84 Å². The summed E-state index contributed by atoms with van der Waals surface area (Å²) in [4.78, 5) is 0. The molecule has 1 heterocycles. The molecule has 0 spiro atoms. The minimum Gasteiger partial charge on any atom is -0.271 e. The van der Waals surface area contributed by atoms with E-state index in [1.54, 1.807) is 11.3 Å². The quantitative estimate of drug-likeness (QED) is 0.555. The Morgan fingerprint density at radius 2 is 1.83 bits per heavy atom. The number of fused-ring (bicyclic) bond motifs is 1. The van der Waals surface area contributed by atoms with Crippen LogP contribution in [0.5, 0.6) is 0 Å². The second-order valence-electron chi connectivity index (χ2n) is 4.22. The molecule has 0 amide bonds. The molecule has 3 aromatic rings. The molecular weight excluding hydrogens is 240 g/mol. The fourth-order valence-electron chi connectivity index (χ4n) is 2.31. The van der Waals surface area contributed by atoms with Crippen LogP contribution in [0.25, 0.3) is 10.8 Å². The van der Waals surface area contributed by atoms with Crippen molar-refractivity contribution in [2.75, 3.05) is 0 Å². The minimum atomic E-state index is 0.0438. The molecule has 0 fully saturated rings. The van der Waals surface area contributed by atoms with Crippen molar-refractivity contribution in [3.63, 3.8) is 0 Å². The van der Waals surface area contributed by atoms with Gasteiger partial charge in [0, 0.05) is 0 Å². The first-order chi connectivity index (χ1) is 8.90. The van der Waals surface area contributed by atoms with E-state index in [1.807, 2.05) is 0 Å². The van der Waals surface area contributed by atoms with E-state index in [2.05, 4.69) is 64.7 Å². The van der Waals surface area contributed by atoms with E-state index in [9.17, 15) is 0 Å². The van der Waals surface area contributed by atoms with Crippen molar-refractivity contribution in [1.82, 2.24) is 5.43 Å². The first kappa shape index (κ1) is 11.4. The van der Waals surface area contributed by atoms with Crippen LogP contribution < -0.4 is 11.3 Å². The summed E-state index contributed by atoms with van der Waals surface area (Å²) < 4.78 is 0. The van der Waals surface area contributed by atoms with Gasteiger partial charge in [-0.2, -0.15) is 11.3 Å². The molecule has 3 rings (SSSR count). The van der Waals surface area contributed by atoms with Gasteiger partial charge < -0.3 is 0 Å². The first-order valence-corrected chi connectivity index (χ1v) is 6.80. The number of nitrogens with one attached hydrogen (secondary N) is 1. The van der Waals surface area contributed by atoms with Gasteiger partial charge in [-0.15, -0.1) is 0 Å². The van der Waals surface area contributed by atoms with Crippen LogP contribution in [0, 0.1) is 0 Å². The van der Waals surface area contributed by atoms with Crippen LogP contribution in [-0.4, -0.2) is 0 Å². The summed E-state index contributed by atoms with van der Waals surface area (Å²) in [5.41, 5.74) is 5.34. The van der Waals surface area contributed by atoms with Crippen LogP contribution in [0.1, 0.15) is 17.2 Å². The SMILES string of the molecule is NNC(c1ccsc1)c1cccc2ccccc12. The standard InChI is InChI=1S/C15H14N2S/c16-17-15(12-8-9-18-10-12)14-7-3-5-11-4-1-2-6-13(11)14/h1-10,15,17H,16H2. The second-order valence-corrected chi connectivity index (χ2v) is 5.00. The molecule has 90 valence electrons. The molecule has 1 aromatic heterocycles. The molecule has 0 aliphatic heterocycles. The number of hydrogen-bond donors (Lipinski definition) is 2. The summed E-state index contributed by atoms with van der Waals surface area (Å²) >= 11 is 1.69. The van der Waals surface area contributed by atoms with Gasteiger partial charge in [-0.1, -0.05) is 42.5 Å². The van der Waals surface area contributed by atoms with Gasteiger partial charge in [0.1, 0.15) is 0 Å². The highest BCUT2D eigenvalue weighted by Gasteiger charge is 2.14. The van der Waals surface area contributed by atoms with Crippen molar-refractivity contribution in [3.05, 3.63) is 70.4 Å². The lowest BCUT2D eigenvalue weighted by atomic mass is 9.96. The van der Waals surface area contributed by atoms with Crippen LogP contribution in [0.15, 0.2) is 59.3 Å². The van der Waals surface area contributed by atoms with Gasteiger partial charge >= 0.3 is 0 Å². The van der Waals surface area contributed by atoms with E-state index >= 15 is 0 Å². The maximum atomic E-state index is 5.74. The number of benzene rings is 2. The van der Waals surface area contributed by atoms with Crippen LogP contribution in [-0.2, 0) is 0 Å². The highest BCUT2D eigenvalue weighted by atomic mass is 32.1. The zero-order chi connectivity index (χ0) is 12.4. The summed E-state index contributed by atoms with van der Waals surface area (Å²) in [6.45, 7) is 0. The van der Waals surface area contributed by atoms with Crippen molar-refractivity contribution in [2.24, 2.45) is 5.84 Å². The Balaban J connectivity index is 2.18. The highest BCUT2D eigenvalue weighted by molar-refractivity contribution is 7.08. The van der Waals surface area contributed by atoms with E-state index < -0.39 is 0 Å². The van der Waals surface area contributed by atoms with Crippen LogP contribution in [0.3, 0.4) is 0 Å². The average molecular weight is 254 g/mol. The van der Waals surface area contributed by atoms with Crippen molar-refractivity contribution in [3.8, 4) is 0 Å².